The normalized spacial score (nSPS) is 9.78. The van der Waals surface area contributed by atoms with Gasteiger partial charge in [0.2, 0.25) is 0 Å². The van der Waals surface area contributed by atoms with Crippen LogP contribution < -0.4 is 21.9 Å². The third-order valence-corrected chi connectivity index (χ3v) is 3.25. The smallest absolute Gasteiger partial charge is 0.289 e. The van der Waals surface area contributed by atoms with Crippen LogP contribution in [0.15, 0.2) is 0 Å². The van der Waals surface area contributed by atoms with E-state index < -0.39 is 5.91 Å². The van der Waals surface area contributed by atoms with Crippen LogP contribution in [0.25, 0.3) is 0 Å². The van der Waals surface area contributed by atoms with Gasteiger partial charge in [0.15, 0.2) is 16.0 Å². The van der Waals surface area contributed by atoms with Crippen molar-refractivity contribution >= 4 is 63.7 Å². The molecule has 98 valence electrons. The van der Waals surface area contributed by atoms with Crippen molar-refractivity contribution in [3.8, 4) is 0 Å². The lowest BCUT2D eigenvalue weighted by Gasteiger charge is -2.11. The van der Waals surface area contributed by atoms with Crippen molar-refractivity contribution in [1.82, 2.24) is 21.2 Å². The lowest BCUT2D eigenvalue weighted by atomic mass is 10.3. The number of nitrogens with zero attached hydrogens (tertiary/aromatic N) is 1. The van der Waals surface area contributed by atoms with Gasteiger partial charge in [0.25, 0.3) is 5.91 Å². The van der Waals surface area contributed by atoms with E-state index in [0.29, 0.717) is 0 Å². The number of hydrogen-bond acceptors (Lipinski definition) is 4. The largest absolute Gasteiger partial charge is 0.396 e. The topological polar surface area (TPSA) is 92.1 Å². The van der Waals surface area contributed by atoms with Crippen LogP contribution in [0.1, 0.15) is 10.5 Å². The Morgan fingerprint density at radius 3 is 2.44 bits per heavy atom. The molecular formula is C8H8Cl3N5OS. The molecule has 0 aromatic carbocycles. The predicted molar refractivity (Wildman–Crippen MR) is 75.9 cm³/mol. The first-order chi connectivity index (χ1) is 8.38. The van der Waals surface area contributed by atoms with E-state index in [0.717, 1.165) is 0 Å². The maximum absolute atomic E-state index is 11.7. The molecule has 1 heterocycles. The predicted octanol–water partition coefficient (Wildman–Crippen LogP) is 1.36. The number of carbonyl (C=O) groups excluding carboxylic acids is 1. The molecule has 6 nitrogen and oxygen atoms in total. The summed E-state index contributed by atoms with van der Waals surface area (Å²) in [6.07, 6.45) is 0. The molecule has 18 heavy (non-hydrogen) atoms. The lowest BCUT2D eigenvalue weighted by Crippen LogP contribution is -2.46. The van der Waals surface area contributed by atoms with E-state index >= 15 is 0 Å². The molecule has 0 spiro atoms. The van der Waals surface area contributed by atoms with Crippen LogP contribution in [0.2, 0.25) is 15.2 Å². The number of rotatable bonds is 1. The number of hydrazine groups is 1. The minimum absolute atomic E-state index is 0.00285. The summed E-state index contributed by atoms with van der Waals surface area (Å²) in [5.74, 6) is -0.650. The molecule has 0 aliphatic heterocycles. The minimum atomic E-state index is -0.650. The zero-order chi connectivity index (χ0) is 13.9. The molecule has 1 aromatic rings. The van der Waals surface area contributed by atoms with E-state index in [1.165, 1.54) is 0 Å². The van der Waals surface area contributed by atoms with Gasteiger partial charge in [0.1, 0.15) is 5.02 Å². The Morgan fingerprint density at radius 2 is 1.89 bits per heavy atom. The lowest BCUT2D eigenvalue weighted by molar-refractivity contribution is 0.0939. The van der Waals surface area contributed by atoms with Crippen LogP contribution in [-0.2, 0) is 0 Å². The maximum Gasteiger partial charge on any atom is 0.289 e. The highest BCUT2D eigenvalue weighted by molar-refractivity contribution is 7.80. The fourth-order valence-corrected chi connectivity index (χ4v) is 1.56. The summed E-state index contributed by atoms with van der Waals surface area (Å²) in [6, 6.07) is 0. The van der Waals surface area contributed by atoms with Gasteiger partial charge in [0.05, 0.1) is 10.7 Å². The molecule has 1 rings (SSSR count). The van der Waals surface area contributed by atoms with Gasteiger partial charge in [-0.05, 0) is 12.2 Å². The van der Waals surface area contributed by atoms with Crippen LogP contribution in [0.3, 0.4) is 0 Å². The number of thiocarbonyl (C=S) groups is 1. The Balaban J connectivity index is 2.97. The van der Waals surface area contributed by atoms with Crippen molar-refractivity contribution in [3.63, 3.8) is 0 Å². The van der Waals surface area contributed by atoms with Gasteiger partial charge >= 0.3 is 0 Å². The van der Waals surface area contributed by atoms with Gasteiger partial charge in [-0.2, -0.15) is 0 Å². The van der Waals surface area contributed by atoms with E-state index in [2.05, 4.69) is 21.2 Å². The molecule has 5 N–H and O–H groups in total. The molecule has 0 radical (unpaired) electrons. The molecule has 1 aromatic heterocycles. The highest BCUT2D eigenvalue weighted by Gasteiger charge is 2.19. The van der Waals surface area contributed by atoms with Gasteiger partial charge in [0, 0.05) is 7.05 Å². The zero-order valence-corrected chi connectivity index (χ0v) is 12.1. The summed E-state index contributed by atoms with van der Waals surface area (Å²) in [4.78, 5) is 15.5. The number of nitrogens with two attached hydrogens (primary N) is 1. The molecule has 0 saturated carbocycles. The number of nitrogen functional groups attached to an aromatic ring is 1. The van der Waals surface area contributed by atoms with Crippen molar-refractivity contribution in [3.05, 3.63) is 20.9 Å². The Kier molecular flexibility index (Phi) is 5.21. The molecule has 0 bridgehead atoms. The first-order valence-corrected chi connectivity index (χ1v) is 6.00. The van der Waals surface area contributed by atoms with Crippen LogP contribution >= 0.6 is 47.0 Å². The third-order valence-electron chi connectivity index (χ3n) is 1.80. The van der Waals surface area contributed by atoms with Crippen molar-refractivity contribution in [2.45, 2.75) is 0 Å². The van der Waals surface area contributed by atoms with Crippen molar-refractivity contribution < 1.29 is 4.79 Å². The Morgan fingerprint density at radius 1 is 1.28 bits per heavy atom. The third kappa shape index (κ3) is 3.26. The van der Waals surface area contributed by atoms with Crippen LogP contribution in [0, 0.1) is 0 Å². The van der Waals surface area contributed by atoms with E-state index in [-0.39, 0.29) is 31.7 Å². The van der Waals surface area contributed by atoms with E-state index in [1.54, 1.807) is 7.05 Å². The Labute approximate surface area is 123 Å². The number of carbonyl (C=O) groups is 1. The quantitative estimate of drug-likeness (QED) is 0.353. The van der Waals surface area contributed by atoms with Gasteiger partial charge in [-0.3, -0.25) is 15.6 Å². The van der Waals surface area contributed by atoms with Crippen LogP contribution in [0.5, 0.6) is 0 Å². The molecule has 0 fully saturated rings. The summed E-state index contributed by atoms with van der Waals surface area (Å²) >= 11 is 22.0. The van der Waals surface area contributed by atoms with E-state index in [9.17, 15) is 4.79 Å². The second-order valence-corrected chi connectivity index (χ2v) is 4.47. The van der Waals surface area contributed by atoms with E-state index in [4.69, 9.17) is 52.8 Å². The second kappa shape index (κ2) is 6.24. The fraction of sp³-hybridized carbons (Fsp3) is 0.125. The van der Waals surface area contributed by atoms with E-state index in [1.807, 2.05) is 0 Å². The fourth-order valence-electron chi connectivity index (χ4n) is 0.917. The number of amides is 1. The standard InChI is InChI=1S/C8H8Cl3N5OS/c1-13-8(18)16-15-7(17)5-2(9)4(12)3(10)6(11)14-5/h1H3,(H2,12,14)(H,15,17)(H2,13,16,18). The summed E-state index contributed by atoms with van der Waals surface area (Å²) < 4.78 is 0. The highest BCUT2D eigenvalue weighted by atomic mass is 35.5. The Bertz CT molecular complexity index is 510. The first-order valence-electron chi connectivity index (χ1n) is 4.46. The van der Waals surface area contributed by atoms with Crippen LogP contribution in [0.4, 0.5) is 5.69 Å². The highest BCUT2D eigenvalue weighted by Crippen LogP contribution is 2.34. The first kappa shape index (κ1) is 15.0. The SMILES string of the molecule is CNC(=S)NNC(=O)c1nc(Cl)c(Cl)c(N)c1Cl. The molecule has 0 saturated heterocycles. The molecule has 0 unspecified atom stereocenters. The number of aromatic nitrogens is 1. The maximum atomic E-state index is 11.7. The van der Waals surface area contributed by atoms with Crippen LogP contribution in [-0.4, -0.2) is 23.1 Å². The number of anilines is 1. The summed E-state index contributed by atoms with van der Waals surface area (Å²) in [6.45, 7) is 0. The summed E-state index contributed by atoms with van der Waals surface area (Å²) in [5, 5.41) is 2.62. The van der Waals surface area contributed by atoms with Gasteiger partial charge < -0.3 is 11.1 Å². The minimum Gasteiger partial charge on any atom is -0.396 e. The summed E-state index contributed by atoms with van der Waals surface area (Å²) in [5.41, 5.74) is 10.1. The average Bonchev–Trinajstić information content (AvgIpc) is 2.37. The molecule has 0 aliphatic carbocycles. The van der Waals surface area contributed by atoms with Crippen molar-refractivity contribution in [2.24, 2.45) is 0 Å². The molecular weight excluding hydrogens is 321 g/mol. The van der Waals surface area contributed by atoms with Crippen molar-refractivity contribution in [1.29, 1.82) is 0 Å². The Hall–Kier alpha value is -1.02. The molecule has 10 heteroatoms. The zero-order valence-electron chi connectivity index (χ0n) is 8.97. The number of halogens is 3. The monoisotopic (exact) mass is 327 g/mol. The molecule has 1 amide bonds. The number of hydrogen-bond donors (Lipinski definition) is 4. The summed E-state index contributed by atoms with van der Waals surface area (Å²) in [7, 11) is 1.59. The number of nitrogens with one attached hydrogen (secondary N) is 3. The van der Waals surface area contributed by atoms with Gasteiger partial charge in [-0.15, -0.1) is 0 Å². The number of pyridine rings is 1. The average molecular weight is 329 g/mol. The van der Waals surface area contributed by atoms with Gasteiger partial charge in [-0.1, -0.05) is 34.8 Å². The second-order valence-electron chi connectivity index (χ2n) is 2.95. The van der Waals surface area contributed by atoms with Gasteiger partial charge in [-0.25, -0.2) is 4.98 Å². The van der Waals surface area contributed by atoms with Crippen molar-refractivity contribution in [2.75, 3.05) is 12.8 Å². The molecule has 0 atom stereocenters. The molecule has 0 aliphatic rings.